The van der Waals surface area contributed by atoms with Gasteiger partial charge in [-0.25, -0.2) is 0 Å². The maximum atomic E-state index is 12.4. The lowest BCUT2D eigenvalue weighted by molar-refractivity contribution is -0.152. The van der Waals surface area contributed by atoms with E-state index >= 15 is 0 Å². The summed E-state index contributed by atoms with van der Waals surface area (Å²) in [6.07, 6.45) is 4.53. The second kappa shape index (κ2) is 5.96. The van der Waals surface area contributed by atoms with E-state index in [1.807, 2.05) is 12.1 Å². The Bertz CT molecular complexity index is 478. The lowest BCUT2D eigenvalue weighted by Gasteiger charge is -2.30. The monoisotopic (exact) mass is 273 g/mol. The second-order valence-corrected chi connectivity index (χ2v) is 6.20. The van der Waals surface area contributed by atoms with E-state index in [0.717, 1.165) is 30.9 Å². The van der Waals surface area contributed by atoms with E-state index in [1.165, 1.54) is 18.4 Å². The summed E-state index contributed by atoms with van der Waals surface area (Å²) in [4.78, 5) is 12.4. The van der Waals surface area contributed by atoms with E-state index in [2.05, 4.69) is 24.4 Å². The Balaban J connectivity index is 1.66. The minimum Gasteiger partial charge on any atom is -0.462 e. The first-order valence-corrected chi connectivity index (χ1v) is 7.73. The summed E-state index contributed by atoms with van der Waals surface area (Å²) < 4.78 is 5.76. The Kier molecular flexibility index (Phi) is 4.06. The minimum atomic E-state index is -0.140. The molecule has 0 spiro atoms. The highest BCUT2D eigenvalue weighted by Gasteiger charge is 2.30. The van der Waals surface area contributed by atoms with Gasteiger partial charge in [0.25, 0.3) is 0 Å². The number of hydrogen-bond donors (Lipinski definition) is 1. The molecule has 1 heterocycles. The standard InChI is InChI=1S/C17H23NO2/c1-12-6-8-14(9-7-12)20-17(19)16-11-18-10-13-4-2-3-5-15(13)16/h2-5,12,14,16,18H,6-11H2,1H3. The number of ether oxygens (including phenoxy) is 1. The van der Waals surface area contributed by atoms with E-state index in [9.17, 15) is 4.79 Å². The zero-order valence-electron chi connectivity index (χ0n) is 12.1. The summed E-state index contributed by atoms with van der Waals surface area (Å²) in [7, 11) is 0. The summed E-state index contributed by atoms with van der Waals surface area (Å²) in [5.41, 5.74) is 2.36. The summed E-state index contributed by atoms with van der Waals surface area (Å²) in [6, 6.07) is 8.18. The van der Waals surface area contributed by atoms with Crippen molar-refractivity contribution in [2.24, 2.45) is 5.92 Å². The van der Waals surface area contributed by atoms with E-state index < -0.39 is 0 Å². The van der Waals surface area contributed by atoms with Crippen molar-refractivity contribution in [2.75, 3.05) is 6.54 Å². The number of hydrogen-bond acceptors (Lipinski definition) is 3. The zero-order chi connectivity index (χ0) is 13.9. The fraction of sp³-hybridized carbons (Fsp3) is 0.588. The van der Waals surface area contributed by atoms with Crippen LogP contribution in [0.15, 0.2) is 24.3 Å². The molecule has 108 valence electrons. The SMILES string of the molecule is CC1CCC(OC(=O)C2CNCc3ccccc32)CC1. The molecular formula is C17H23NO2. The predicted molar refractivity (Wildman–Crippen MR) is 78.4 cm³/mol. The van der Waals surface area contributed by atoms with Crippen LogP contribution < -0.4 is 5.32 Å². The molecule has 0 amide bonds. The molecule has 1 aliphatic heterocycles. The van der Waals surface area contributed by atoms with E-state index in [4.69, 9.17) is 4.74 Å². The summed E-state index contributed by atoms with van der Waals surface area (Å²) in [5, 5.41) is 3.32. The molecule has 0 radical (unpaired) electrons. The third-order valence-electron chi connectivity index (χ3n) is 4.62. The van der Waals surface area contributed by atoms with Crippen LogP contribution in [0, 0.1) is 5.92 Å². The molecule has 1 aromatic rings. The Hall–Kier alpha value is -1.35. The van der Waals surface area contributed by atoms with Gasteiger partial charge in [-0.15, -0.1) is 0 Å². The van der Waals surface area contributed by atoms with Crippen LogP contribution in [0.1, 0.15) is 49.7 Å². The maximum absolute atomic E-state index is 12.4. The molecule has 1 saturated carbocycles. The quantitative estimate of drug-likeness (QED) is 0.842. The molecule has 1 N–H and O–H groups in total. The van der Waals surface area contributed by atoms with E-state index in [0.29, 0.717) is 6.54 Å². The second-order valence-electron chi connectivity index (χ2n) is 6.20. The van der Waals surface area contributed by atoms with Gasteiger partial charge in [-0.05, 0) is 42.7 Å². The molecule has 20 heavy (non-hydrogen) atoms. The van der Waals surface area contributed by atoms with Gasteiger partial charge < -0.3 is 10.1 Å². The first-order chi connectivity index (χ1) is 9.74. The lowest BCUT2D eigenvalue weighted by atomic mass is 9.88. The zero-order valence-corrected chi connectivity index (χ0v) is 12.1. The number of rotatable bonds is 2. The van der Waals surface area contributed by atoms with Gasteiger partial charge in [0, 0.05) is 13.1 Å². The molecule has 1 aromatic carbocycles. The first-order valence-electron chi connectivity index (χ1n) is 7.73. The number of carbonyl (C=O) groups excluding carboxylic acids is 1. The predicted octanol–water partition coefficient (Wildman–Crippen LogP) is 3.00. The summed E-state index contributed by atoms with van der Waals surface area (Å²) in [5.74, 6) is 0.588. The van der Waals surface area contributed by atoms with Crippen molar-refractivity contribution in [3.8, 4) is 0 Å². The van der Waals surface area contributed by atoms with Gasteiger partial charge in [-0.1, -0.05) is 31.2 Å². The van der Waals surface area contributed by atoms with Gasteiger partial charge in [0.05, 0.1) is 5.92 Å². The molecule has 0 saturated heterocycles. The van der Waals surface area contributed by atoms with Crippen molar-refractivity contribution < 1.29 is 9.53 Å². The van der Waals surface area contributed by atoms with Crippen LogP contribution >= 0.6 is 0 Å². The van der Waals surface area contributed by atoms with Crippen LogP contribution in [0.3, 0.4) is 0 Å². The van der Waals surface area contributed by atoms with Gasteiger partial charge in [0.15, 0.2) is 0 Å². The molecule has 3 rings (SSSR count). The van der Waals surface area contributed by atoms with Crippen molar-refractivity contribution >= 4 is 5.97 Å². The van der Waals surface area contributed by atoms with Crippen LogP contribution in [-0.2, 0) is 16.1 Å². The van der Waals surface area contributed by atoms with Crippen molar-refractivity contribution in [2.45, 2.75) is 51.2 Å². The van der Waals surface area contributed by atoms with Crippen LogP contribution in [0.5, 0.6) is 0 Å². The van der Waals surface area contributed by atoms with Crippen molar-refractivity contribution in [1.29, 1.82) is 0 Å². The molecule has 0 aromatic heterocycles. The van der Waals surface area contributed by atoms with E-state index in [1.54, 1.807) is 0 Å². The van der Waals surface area contributed by atoms with Crippen molar-refractivity contribution in [3.63, 3.8) is 0 Å². The Morgan fingerprint density at radius 1 is 1.20 bits per heavy atom. The van der Waals surface area contributed by atoms with Crippen molar-refractivity contribution in [3.05, 3.63) is 35.4 Å². The lowest BCUT2D eigenvalue weighted by Crippen LogP contribution is -2.35. The maximum Gasteiger partial charge on any atom is 0.315 e. The summed E-state index contributed by atoms with van der Waals surface area (Å²) in [6.45, 7) is 3.82. The molecule has 0 bridgehead atoms. The van der Waals surface area contributed by atoms with Crippen LogP contribution in [-0.4, -0.2) is 18.6 Å². The van der Waals surface area contributed by atoms with Crippen molar-refractivity contribution in [1.82, 2.24) is 5.32 Å². The molecule has 1 atom stereocenters. The van der Waals surface area contributed by atoms with Crippen LogP contribution in [0.4, 0.5) is 0 Å². The average molecular weight is 273 g/mol. The van der Waals surface area contributed by atoms with Gasteiger partial charge in [-0.2, -0.15) is 0 Å². The van der Waals surface area contributed by atoms with Gasteiger partial charge in [-0.3, -0.25) is 4.79 Å². The number of carbonyl (C=O) groups is 1. The molecular weight excluding hydrogens is 250 g/mol. The third kappa shape index (κ3) is 2.88. The highest BCUT2D eigenvalue weighted by molar-refractivity contribution is 5.79. The molecule has 1 aliphatic carbocycles. The fourth-order valence-electron chi connectivity index (χ4n) is 3.30. The van der Waals surface area contributed by atoms with Gasteiger partial charge >= 0.3 is 5.97 Å². The van der Waals surface area contributed by atoms with Crippen LogP contribution in [0.2, 0.25) is 0 Å². The number of esters is 1. The molecule has 1 unspecified atom stereocenters. The Morgan fingerprint density at radius 2 is 1.95 bits per heavy atom. The van der Waals surface area contributed by atoms with E-state index in [-0.39, 0.29) is 18.0 Å². The fourth-order valence-corrected chi connectivity index (χ4v) is 3.30. The highest BCUT2D eigenvalue weighted by Crippen LogP contribution is 2.29. The van der Waals surface area contributed by atoms with Gasteiger partial charge in [0.2, 0.25) is 0 Å². The third-order valence-corrected chi connectivity index (χ3v) is 4.62. The summed E-state index contributed by atoms with van der Waals surface area (Å²) >= 11 is 0. The number of benzene rings is 1. The normalized spacial score (nSPS) is 29.6. The van der Waals surface area contributed by atoms with Crippen LogP contribution in [0.25, 0.3) is 0 Å². The first kappa shape index (κ1) is 13.6. The smallest absolute Gasteiger partial charge is 0.315 e. The molecule has 3 heteroatoms. The Morgan fingerprint density at radius 3 is 2.75 bits per heavy atom. The Labute approximate surface area is 120 Å². The topological polar surface area (TPSA) is 38.3 Å². The molecule has 1 fully saturated rings. The number of fused-ring (bicyclic) bond motifs is 1. The van der Waals surface area contributed by atoms with Gasteiger partial charge in [0.1, 0.15) is 6.10 Å². The molecule has 2 aliphatic rings. The number of nitrogens with one attached hydrogen (secondary N) is 1. The minimum absolute atomic E-state index is 0.0517. The largest absolute Gasteiger partial charge is 0.462 e. The highest BCUT2D eigenvalue weighted by atomic mass is 16.5. The molecule has 3 nitrogen and oxygen atoms in total. The average Bonchev–Trinajstić information content (AvgIpc) is 2.49.